The molecular weight excluding hydrogens is 306 g/mol. The van der Waals surface area contributed by atoms with Gasteiger partial charge in [-0.25, -0.2) is 13.2 Å². The van der Waals surface area contributed by atoms with Crippen LogP contribution in [0.3, 0.4) is 0 Å². The van der Waals surface area contributed by atoms with Crippen LogP contribution in [-0.2, 0) is 10.0 Å². The first kappa shape index (κ1) is 16.6. The Hall–Kier alpha value is -1.80. The molecule has 2 rings (SSSR count). The van der Waals surface area contributed by atoms with Crippen molar-refractivity contribution >= 4 is 27.4 Å². The number of hydrogen-bond acceptors (Lipinski definition) is 5. The first-order valence-corrected chi connectivity index (χ1v) is 8.94. The van der Waals surface area contributed by atoms with E-state index in [9.17, 15) is 18.3 Å². The van der Waals surface area contributed by atoms with E-state index in [0.29, 0.717) is 0 Å². The Kier molecular flexibility index (Phi) is 4.92. The van der Waals surface area contributed by atoms with Crippen molar-refractivity contribution in [1.29, 1.82) is 0 Å². The fourth-order valence-electron chi connectivity index (χ4n) is 2.50. The van der Waals surface area contributed by atoms with Crippen molar-refractivity contribution in [2.75, 3.05) is 49.1 Å². The molecule has 0 atom stereocenters. The van der Waals surface area contributed by atoms with Crippen molar-refractivity contribution in [2.45, 2.75) is 6.42 Å². The summed E-state index contributed by atoms with van der Waals surface area (Å²) in [6.07, 6.45) is 2.00. The normalized spacial score (nSPS) is 17.1. The lowest BCUT2D eigenvalue weighted by Crippen LogP contribution is -2.29. The lowest BCUT2D eigenvalue weighted by atomic mass is 10.1. The number of nitrogens with one attached hydrogen (secondary N) is 1. The van der Waals surface area contributed by atoms with Crippen LogP contribution >= 0.6 is 0 Å². The highest BCUT2D eigenvalue weighted by molar-refractivity contribution is 7.92. The number of carboxylic acids is 1. The molecule has 8 heteroatoms. The highest BCUT2D eigenvalue weighted by Gasteiger charge is 2.18. The van der Waals surface area contributed by atoms with E-state index < -0.39 is 16.0 Å². The van der Waals surface area contributed by atoms with Gasteiger partial charge < -0.3 is 14.9 Å². The van der Waals surface area contributed by atoms with Gasteiger partial charge in [0.25, 0.3) is 0 Å². The maximum absolute atomic E-state index is 11.4. The molecule has 1 aliphatic rings. The second-order valence-electron chi connectivity index (χ2n) is 5.55. The lowest BCUT2D eigenvalue weighted by molar-refractivity contribution is 0.0698. The zero-order chi connectivity index (χ0) is 16.3. The van der Waals surface area contributed by atoms with Gasteiger partial charge in [0.2, 0.25) is 10.0 Å². The maximum Gasteiger partial charge on any atom is 0.337 e. The number of benzene rings is 1. The zero-order valence-electron chi connectivity index (χ0n) is 12.7. The molecule has 0 aromatic heterocycles. The Morgan fingerprint density at radius 3 is 2.59 bits per heavy atom. The van der Waals surface area contributed by atoms with Gasteiger partial charge in [-0.2, -0.15) is 0 Å². The molecule has 0 spiro atoms. The van der Waals surface area contributed by atoms with Gasteiger partial charge in [-0.15, -0.1) is 0 Å². The van der Waals surface area contributed by atoms with Crippen LogP contribution in [0.4, 0.5) is 11.4 Å². The summed E-state index contributed by atoms with van der Waals surface area (Å²) in [5.74, 6) is -1.15. The van der Waals surface area contributed by atoms with E-state index in [0.717, 1.165) is 44.5 Å². The molecule has 122 valence electrons. The van der Waals surface area contributed by atoms with Crippen molar-refractivity contribution in [3.05, 3.63) is 23.8 Å². The van der Waals surface area contributed by atoms with E-state index in [2.05, 4.69) is 21.6 Å². The van der Waals surface area contributed by atoms with Gasteiger partial charge in [0.15, 0.2) is 0 Å². The Labute approximate surface area is 130 Å². The summed E-state index contributed by atoms with van der Waals surface area (Å²) in [4.78, 5) is 15.8. The quantitative estimate of drug-likeness (QED) is 0.854. The third kappa shape index (κ3) is 4.35. The number of anilines is 2. The van der Waals surface area contributed by atoms with Gasteiger partial charge in [0, 0.05) is 25.3 Å². The van der Waals surface area contributed by atoms with Crippen LogP contribution in [0.1, 0.15) is 16.8 Å². The first-order valence-electron chi connectivity index (χ1n) is 7.05. The predicted octanol–water partition coefficient (Wildman–Crippen LogP) is 0.898. The van der Waals surface area contributed by atoms with Crippen molar-refractivity contribution in [3.8, 4) is 0 Å². The molecule has 1 aromatic carbocycles. The van der Waals surface area contributed by atoms with Crippen molar-refractivity contribution in [1.82, 2.24) is 4.90 Å². The van der Waals surface area contributed by atoms with Crippen molar-refractivity contribution in [3.63, 3.8) is 0 Å². The number of nitrogens with zero attached hydrogens (tertiary/aromatic N) is 2. The number of rotatable bonds is 4. The number of aromatic carboxylic acids is 1. The fourth-order valence-corrected chi connectivity index (χ4v) is 3.08. The SMILES string of the molecule is CN1CCCN(c2ccc(NS(C)(=O)=O)c(C(=O)O)c2)CC1. The molecule has 7 nitrogen and oxygen atoms in total. The molecule has 0 unspecified atom stereocenters. The Bertz CT molecular complexity index is 660. The zero-order valence-corrected chi connectivity index (χ0v) is 13.6. The smallest absolute Gasteiger partial charge is 0.337 e. The number of carbonyl (C=O) groups is 1. The minimum absolute atomic E-state index is 0.0412. The molecule has 0 radical (unpaired) electrons. The average Bonchev–Trinajstić information content (AvgIpc) is 2.62. The molecule has 22 heavy (non-hydrogen) atoms. The van der Waals surface area contributed by atoms with E-state index in [1.165, 1.54) is 12.1 Å². The van der Waals surface area contributed by atoms with E-state index >= 15 is 0 Å². The van der Waals surface area contributed by atoms with Gasteiger partial charge in [-0.3, -0.25) is 4.72 Å². The van der Waals surface area contributed by atoms with E-state index in [-0.39, 0.29) is 11.3 Å². The number of carboxylic acid groups (broad SMARTS) is 1. The second kappa shape index (κ2) is 6.53. The third-order valence-corrected chi connectivity index (χ3v) is 4.20. The molecule has 1 fully saturated rings. The van der Waals surface area contributed by atoms with Gasteiger partial charge in [-0.1, -0.05) is 0 Å². The predicted molar refractivity (Wildman–Crippen MR) is 86.2 cm³/mol. The molecule has 0 amide bonds. The van der Waals surface area contributed by atoms with Crippen molar-refractivity contribution in [2.24, 2.45) is 0 Å². The molecule has 0 saturated carbocycles. The monoisotopic (exact) mass is 327 g/mol. The number of sulfonamides is 1. The molecule has 0 aliphatic carbocycles. The van der Waals surface area contributed by atoms with Crippen LogP contribution in [-0.4, -0.2) is 63.9 Å². The molecule has 1 saturated heterocycles. The Morgan fingerprint density at radius 2 is 1.95 bits per heavy atom. The van der Waals surface area contributed by atoms with Crippen LogP contribution in [0.2, 0.25) is 0 Å². The van der Waals surface area contributed by atoms with Crippen LogP contribution in [0.25, 0.3) is 0 Å². The Balaban J connectivity index is 2.30. The Morgan fingerprint density at radius 1 is 1.23 bits per heavy atom. The lowest BCUT2D eigenvalue weighted by Gasteiger charge is -2.23. The highest BCUT2D eigenvalue weighted by Crippen LogP contribution is 2.25. The minimum Gasteiger partial charge on any atom is -0.478 e. The summed E-state index contributed by atoms with van der Waals surface area (Å²) in [6, 6.07) is 4.79. The first-order chi connectivity index (χ1) is 10.3. The summed E-state index contributed by atoms with van der Waals surface area (Å²) in [6.45, 7) is 3.58. The molecule has 2 N–H and O–H groups in total. The van der Waals surface area contributed by atoms with Gasteiger partial charge in [-0.05, 0) is 38.2 Å². The molecule has 0 bridgehead atoms. The van der Waals surface area contributed by atoms with E-state index in [4.69, 9.17) is 0 Å². The summed E-state index contributed by atoms with van der Waals surface area (Å²) < 4.78 is 24.9. The summed E-state index contributed by atoms with van der Waals surface area (Å²) >= 11 is 0. The largest absolute Gasteiger partial charge is 0.478 e. The maximum atomic E-state index is 11.4. The van der Waals surface area contributed by atoms with Gasteiger partial charge in [0.1, 0.15) is 0 Å². The van der Waals surface area contributed by atoms with Crippen LogP contribution < -0.4 is 9.62 Å². The van der Waals surface area contributed by atoms with Gasteiger partial charge in [0.05, 0.1) is 17.5 Å². The molecular formula is C14H21N3O4S. The number of likely N-dealkylation sites (N-methyl/N-ethyl adjacent to an activating group) is 1. The third-order valence-electron chi connectivity index (χ3n) is 3.61. The standard InChI is InChI=1S/C14H21N3O4S/c1-16-6-3-7-17(9-8-16)11-4-5-13(15-22(2,20)21)12(10-11)14(18)19/h4-5,10,15H,3,6-9H2,1-2H3,(H,18,19). The topological polar surface area (TPSA) is 90.0 Å². The summed E-state index contributed by atoms with van der Waals surface area (Å²) in [5.41, 5.74) is 0.845. The van der Waals surface area contributed by atoms with E-state index in [1.807, 2.05) is 0 Å². The van der Waals surface area contributed by atoms with Crippen molar-refractivity contribution < 1.29 is 18.3 Å². The van der Waals surface area contributed by atoms with Crippen LogP contribution in [0.15, 0.2) is 18.2 Å². The molecule has 1 heterocycles. The minimum atomic E-state index is -3.52. The second-order valence-corrected chi connectivity index (χ2v) is 7.30. The average molecular weight is 327 g/mol. The van der Waals surface area contributed by atoms with Crippen LogP contribution in [0.5, 0.6) is 0 Å². The molecule has 1 aliphatic heterocycles. The highest BCUT2D eigenvalue weighted by atomic mass is 32.2. The summed E-state index contributed by atoms with van der Waals surface area (Å²) in [5, 5.41) is 9.32. The summed E-state index contributed by atoms with van der Waals surface area (Å²) in [7, 11) is -1.46. The van der Waals surface area contributed by atoms with E-state index in [1.54, 1.807) is 6.07 Å². The van der Waals surface area contributed by atoms with Gasteiger partial charge >= 0.3 is 5.97 Å². The molecule has 1 aromatic rings. The number of hydrogen-bond donors (Lipinski definition) is 2. The fraction of sp³-hybridized carbons (Fsp3) is 0.500. The van der Waals surface area contributed by atoms with Crippen LogP contribution in [0, 0.1) is 0 Å².